The summed E-state index contributed by atoms with van der Waals surface area (Å²) in [5.74, 6) is -0.128. The molecule has 0 aliphatic heterocycles. The van der Waals surface area contributed by atoms with E-state index in [1.54, 1.807) is 25.1 Å². The van der Waals surface area contributed by atoms with Crippen molar-refractivity contribution in [2.24, 2.45) is 0 Å². The van der Waals surface area contributed by atoms with Gasteiger partial charge in [0.1, 0.15) is 0 Å². The molecule has 1 unspecified atom stereocenters. The smallest absolute Gasteiger partial charge is 0.250 e. The topological polar surface area (TPSA) is 50.7 Å². The molecule has 1 aromatic carbocycles. The van der Waals surface area contributed by atoms with E-state index in [1.807, 2.05) is 0 Å². The minimum Gasteiger partial charge on any atom is -0.369 e. The number of anilines is 1. The Morgan fingerprint density at radius 1 is 0.960 bits per heavy atom. The summed E-state index contributed by atoms with van der Waals surface area (Å²) in [7, 11) is 0. The van der Waals surface area contributed by atoms with E-state index in [4.69, 9.17) is 81.2 Å². The molecule has 0 saturated heterocycles. The maximum Gasteiger partial charge on any atom is 0.250 e. The van der Waals surface area contributed by atoms with Crippen LogP contribution in [0.1, 0.15) is 18.6 Å². The Morgan fingerprint density at radius 3 is 1.88 bits per heavy atom. The summed E-state index contributed by atoms with van der Waals surface area (Å²) in [5.41, 5.74) is 1.11. The largest absolute Gasteiger partial charge is 0.369 e. The van der Waals surface area contributed by atoms with E-state index in [1.165, 1.54) is 0 Å². The minimum atomic E-state index is -1.91. The van der Waals surface area contributed by atoms with Crippen LogP contribution in [0.5, 0.6) is 0 Å². The third kappa shape index (κ3) is 6.01. The minimum absolute atomic E-state index is 0.156. The van der Waals surface area contributed by atoms with Crippen LogP contribution in [0.4, 0.5) is 5.69 Å². The zero-order valence-electron chi connectivity index (χ0n) is 12.2. The van der Waals surface area contributed by atoms with Crippen molar-refractivity contribution >= 4 is 103 Å². The van der Waals surface area contributed by atoms with Crippen LogP contribution in [-0.4, -0.2) is 20.5 Å². The molecule has 0 amide bonds. The molecule has 4 nitrogen and oxygen atoms in total. The summed E-state index contributed by atoms with van der Waals surface area (Å²) in [6.45, 7) is 1.80. The van der Waals surface area contributed by atoms with E-state index in [0.29, 0.717) is 5.56 Å². The van der Waals surface area contributed by atoms with Crippen LogP contribution >= 0.6 is 97.1 Å². The molecule has 2 aromatic rings. The van der Waals surface area contributed by atoms with Gasteiger partial charge >= 0.3 is 0 Å². The van der Waals surface area contributed by atoms with Crippen molar-refractivity contribution in [3.8, 4) is 11.4 Å². The molecule has 25 heavy (non-hydrogen) atoms. The van der Waals surface area contributed by atoms with Gasteiger partial charge in [0.15, 0.2) is 17.5 Å². The Bertz CT molecular complexity index is 742. The van der Waals surface area contributed by atoms with Crippen LogP contribution in [0.15, 0.2) is 22.7 Å². The van der Waals surface area contributed by atoms with Gasteiger partial charge in [-0.25, -0.2) is 15.0 Å². The SMILES string of the molecule is CC(Cl)Nc1ccc(-c2nc(C(Cl)(Cl)Cl)nc(C(Cl)(Cl)Cl)n2)cc1Br. The summed E-state index contributed by atoms with van der Waals surface area (Å²) in [5, 5.41) is 3.06. The van der Waals surface area contributed by atoms with Crippen LogP contribution in [-0.2, 0) is 7.59 Å². The maximum atomic E-state index is 5.93. The van der Waals surface area contributed by atoms with Crippen LogP contribution < -0.4 is 5.32 Å². The average Bonchev–Trinajstić information content (AvgIpc) is 2.46. The highest BCUT2D eigenvalue weighted by atomic mass is 79.9. The summed E-state index contributed by atoms with van der Waals surface area (Å²) in [4.78, 5) is 12.2. The first kappa shape index (κ1) is 21.8. The predicted octanol–water partition coefficient (Wildman–Crippen LogP) is 6.95. The van der Waals surface area contributed by atoms with Gasteiger partial charge in [-0.3, -0.25) is 0 Å². The molecule has 0 spiro atoms. The van der Waals surface area contributed by atoms with E-state index >= 15 is 0 Å². The van der Waals surface area contributed by atoms with Gasteiger partial charge in [0.2, 0.25) is 7.59 Å². The molecule has 0 fully saturated rings. The number of halogens is 8. The monoisotopic (exact) mass is 544 g/mol. The summed E-state index contributed by atoms with van der Waals surface area (Å²) >= 11 is 44.6. The second-order valence-corrected chi connectivity index (χ2v) is 10.8. The van der Waals surface area contributed by atoms with Crippen molar-refractivity contribution in [3.05, 3.63) is 34.3 Å². The Morgan fingerprint density at radius 2 is 1.48 bits per heavy atom. The zero-order chi connectivity index (χ0) is 19.0. The molecule has 2 rings (SSSR count). The van der Waals surface area contributed by atoms with Gasteiger partial charge in [-0.15, -0.1) is 0 Å². The highest BCUT2D eigenvalue weighted by molar-refractivity contribution is 9.10. The lowest BCUT2D eigenvalue weighted by molar-refractivity contribution is 0.851. The fraction of sp³-hybridized carbons (Fsp3) is 0.308. The molecule has 0 saturated carbocycles. The molecule has 12 heteroatoms. The lowest BCUT2D eigenvalue weighted by Gasteiger charge is -2.16. The third-order valence-electron chi connectivity index (χ3n) is 2.72. The second kappa shape index (κ2) is 8.27. The average molecular weight is 548 g/mol. The standard InChI is InChI=1S/C13H8BrCl7N4/c1-5(15)22-8-3-2-6(4-7(8)14)9-23-10(12(16,17)18)25-11(24-9)13(19,20)21/h2-5,22H,1H3. The number of nitrogens with one attached hydrogen (secondary N) is 1. The molecule has 1 heterocycles. The van der Waals surface area contributed by atoms with E-state index in [9.17, 15) is 0 Å². The first-order valence-corrected chi connectivity index (χ1v) is 9.98. The van der Waals surface area contributed by atoms with Crippen LogP contribution in [0, 0.1) is 0 Å². The normalized spacial score (nSPS) is 13.6. The van der Waals surface area contributed by atoms with Crippen LogP contribution in [0.3, 0.4) is 0 Å². The third-order valence-corrected chi connectivity index (χ3v) is 4.50. The van der Waals surface area contributed by atoms with E-state index < -0.39 is 7.59 Å². The Balaban J connectivity index is 2.56. The summed E-state index contributed by atoms with van der Waals surface area (Å²) in [6, 6.07) is 5.28. The van der Waals surface area contributed by atoms with Gasteiger partial charge in [0, 0.05) is 15.7 Å². The van der Waals surface area contributed by atoms with Crippen molar-refractivity contribution in [2.75, 3.05) is 5.32 Å². The molecule has 0 aliphatic rings. The van der Waals surface area contributed by atoms with Crippen LogP contribution in [0.25, 0.3) is 11.4 Å². The second-order valence-electron chi connectivity index (χ2n) is 4.76. The molecular weight excluding hydrogens is 540 g/mol. The number of hydrogen-bond acceptors (Lipinski definition) is 4. The Kier molecular flexibility index (Phi) is 7.23. The number of nitrogens with zero attached hydrogens (tertiary/aromatic N) is 3. The van der Waals surface area contributed by atoms with Crippen molar-refractivity contribution in [2.45, 2.75) is 20.0 Å². The fourth-order valence-electron chi connectivity index (χ4n) is 1.74. The Labute approximate surface area is 187 Å². The summed E-state index contributed by atoms with van der Waals surface area (Å²) < 4.78 is -3.09. The number of aromatic nitrogens is 3. The van der Waals surface area contributed by atoms with E-state index in [-0.39, 0.29) is 23.0 Å². The predicted molar refractivity (Wildman–Crippen MR) is 110 cm³/mol. The number of rotatable bonds is 3. The van der Waals surface area contributed by atoms with E-state index in [2.05, 4.69) is 36.2 Å². The molecule has 0 aliphatic carbocycles. The highest BCUT2D eigenvalue weighted by Gasteiger charge is 2.34. The first-order valence-electron chi connectivity index (χ1n) is 6.49. The van der Waals surface area contributed by atoms with Gasteiger partial charge < -0.3 is 5.32 Å². The lowest BCUT2D eigenvalue weighted by atomic mass is 10.2. The number of hydrogen-bond donors (Lipinski definition) is 1. The number of alkyl halides is 7. The molecule has 1 atom stereocenters. The van der Waals surface area contributed by atoms with Gasteiger partial charge in [0.05, 0.1) is 5.50 Å². The van der Waals surface area contributed by atoms with Gasteiger partial charge in [0.25, 0.3) is 0 Å². The summed E-state index contributed by atoms with van der Waals surface area (Å²) in [6.07, 6.45) is 0. The van der Waals surface area contributed by atoms with E-state index in [0.717, 1.165) is 10.2 Å². The van der Waals surface area contributed by atoms with Gasteiger partial charge in [-0.1, -0.05) is 81.2 Å². The fourth-order valence-corrected chi connectivity index (χ4v) is 2.86. The number of benzene rings is 1. The highest BCUT2D eigenvalue weighted by Crippen LogP contribution is 2.41. The quantitative estimate of drug-likeness (QED) is 0.333. The van der Waals surface area contributed by atoms with Crippen molar-refractivity contribution in [1.82, 2.24) is 15.0 Å². The van der Waals surface area contributed by atoms with Crippen LogP contribution in [0.2, 0.25) is 0 Å². The lowest BCUT2D eigenvalue weighted by Crippen LogP contribution is -2.16. The van der Waals surface area contributed by atoms with Gasteiger partial charge in [-0.2, -0.15) is 0 Å². The Hall–Kier alpha value is 0.540. The first-order chi connectivity index (χ1) is 11.4. The maximum absolute atomic E-state index is 5.93. The molecule has 1 N–H and O–H groups in total. The van der Waals surface area contributed by atoms with Crippen molar-refractivity contribution in [1.29, 1.82) is 0 Å². The molecule has 0 radical (unpaired) electrons. The zero-order valence-corrected chi connectivity index (χ0v) is 19.1. The molecular formula is C13H8BrCl7N4. The molecule has 136 valence electrons. The molecule has 1 aromatic heterocycles. The van der Waals surface area contributed by atoms with Gasteiger partial charge in [-0.05, 0) is 41.1 Å². The van der Waals surface area contributed by atoms with Crippen molar-refractivity contribution in [3.63, 3.8) is 0 Å². The van der Waals surface area contributed by atoms with Crippen molar-refractivity contribution < 1.29 is 0 Å². The molecule has 0 bridgehead atoms.